The maximum Gasteiger partial charge on any atom is 0.425 e. The van der Waals surface area contributed by atoms with Crippen molar-refractivity contribution in [3.05, 3.63) is 84.4 Å². The van der Waals surface area contributed by atoms with Gasteiger partial charge in [0.25, 0.3) is 12.4 Å². The average Bonchev–Trinajstić information content (AvgIpc) is 3.03. The van der Waals surface area contributed by atoms with E-state index in [2.05, 4.69) is 41.0 Å². The summed E-state index contributed by atoms with van der Waals surface area (Å²) in [6.45, 7) is 2.27. The SMILES string of the molecule is CN=C1CC(=O)C(N=Nc2ccc(N=Nc3ccc(N=Nc4ccc(OC=O)cc4)c(C)c3)c3ccccc23)C(=O)N1.O=S(=O)=O. The molecule has 0 radical (unpaired) electrons. The van der Waals surface area contributed by atoms with Crippen LogP contribution in [0.4, 0.5) is 28.4 Å². The van der Waals surface area contributed by atoms with Crippen LogP contribution in [0.1, 0.15) is 12.0 Å². The van der Waals surface area contributed by atoms with Crippen LogP contribution in [-0.4, -0.2) is 49.7 Å². The summed E-state index contributed by atoms with van der Waals surface area (Å²) in [4.78, 5) is 39.0. The van der Waals surface area contributed by atoms with Crippen molar-refractivity contribution >= 4 is 73.8 Å². The van der Waals surface area contributed by atoms with Crippen LogP contribution in [0.25, 0.3) is 10.8 Å². The molecule has 16 heteroatoms. The lowest BCUT2D eigenvalue weighted by atomic mass is 10.1. The number of amides is 1. The van der Waals surface area contributed by atoms with Gasteiger partial charge in [-0.05, 0) is 67.1 Å². The smallest absolute Gasteiger partial charge is 0.425 e. The van der Waals surface area contributed by atoms with Crippen LogP contribution in [0, 0.1) is 6.92 Å². The molecule has 1 amide bonds. The molecular weight excluding hydrogens is 616 g/mol. The van der Waals surface area contributed by atoms with Crippen LogP contribution in [-0.2, 0) is 25.0 Å². The summed E-state index contributed by atoms with van der Waals surface area (Å²) in [5.41, 5.74) is 3.88. The standard InChI is InChI=1S/C30H24N8O4.O3S/c1-18-15-20(9-12-24(18)35-33-19-7-10-21(11-8-19)42-17-39)34-36-25-13-14-26(23-6-4-3-5-22(23)25)37-38-29-27(40)16-28(31-2)32-30(29)41;1-4(2)3/h3-15,17,29H,16H2,1-2H3,(H,31,32,41);. The highest BCUT2D eigenvalue weighted by Crippen LogP contribution is 2.35. The van der Waals surface area contributed by atoms with Crippen LogP contribution in [0.5, 0.6) is 5.75 Å². The van der Waals surface area contributed by atoms with Gasteiger partial charge in [0.15, 0.2) is 5.78 Å². The number of ether oxygens (including phenoxy) is 1. The number of fused-ring (bicyclic) bond motifs is 1. The normalized spacial score (nSPS) is 15.7. The topological polar surface area (TPSA) is 210 Å². The number of nitrogens with zero attached hydrogens (tertiary/aromatic N) is 7. The number of rotatable bonds is 8. The first-order valence-electron chi connectivity index (χ1n) is 13.3. The third kappa shape index (κ3) is 8.70. The number of Topliss-reactive ketones (excluding diaryl/α,β-unsaturated/α-hetero) is 1. The van der Waals surface area contributed by atoms with Gasteiger partial charge >= 0.3 is 10.6 Å². The van der Waals surface area contributed by atoms with Gasteiger partial charge in [-0.25, -0.2) is 0 Å². The van der Waals surface area contributed by atoms with E-state index in [4.69, 9.17) is 17.4 Å². The molecular formula is C30H24N8O7S. The fraction of sp³-hybridized carbons (Fsp3) is 0.133. The average molecular weight is 641 g/mol. The summed E-state index contributed by atoms with van der Waals surface area (Å²) in [5, 5.41) is 29.8. The summed E-state index contributed by atoms with van der Waals surface area (Å²) in [6, 6.07) is 21.8. The lowest BCUT2D eigenvalue weighted by Gasteiger charge is -2.18. The molecule has 0 aromatic heterocycles. The number of carbonyl (C=O) groups excluding carboxylic acids is 3. The first-order chi connectivity index (χ1) is 22.2. The van der Waals surface area contributed by atoms with E-state index in [0.29, 0.717) is 46.5 Å². The van der Waals surface area contributed by atoms with Gasteiger partial charge in [0.1, 0.15) is 11.6 Å². The van der Waals surface area contributed by atoms with E-state index in [0.717, 1.165) is 16.3 Å². The Kier molecular flexibility index (Phi) is 11.1. The Balaban J connectivity index is 0.00000113. The Morgan fingerprint density at radius 1 is 0.783 bits per heavy atom. The van der Waals surface area contributed by atoms with Crippen molar-refractivity contribution in [2.45, 2.75) is 19.4 Å². The maximum absolute atomic E-state index is 12.4. The predicted octanol–water partition coefficient (Wildman–Crippen LogP) is 6.08. The Bertz CT molecular complexity index is 2000. The van der Waals surface area contributed by atoms with E-state index in [-0.39, 0.29) is 12.2 Å². The number of azo groups is 3. The van der Waals surface area contributed by atoms with Crippen molar-refractivity contribution in [2.24, 2.45) is 35.7 Å². The summed E-state index contributed by atoms with van der Waals surface area (Å²) in [7, 11) is -1.60. The van der Waals surface area contributed by atoms with Crippen molar-refractivity contribution in [3.63, 3.8) is 0 Å². The number of carbonyl (C=O) groups is 3. The lowest BCUT2D eigenvalue weighted by molar-refractivity contribution is -0.130. The molecule has 1 heterocycles. The largest absolute Gasteiger partial charge is 0.429 e. The first-order valence-corrected chi connectivity index (χ1v) is 14.3. The van der Waals surface area contributed by atoms with Gasteiger partial charge in [0.2, 0.25) is 6.04 Å². The lowest BCUT2D eigenvalue weighted by Crippen LogP contribution is -2.48. The molecule has 1 N–H and O–H groups in total. The fourth-order valence-electron chi connectivity index (χ4n) is 4.16. The van der Waals surface area contributed by atoms with Crippen molar-refractivity contribution < 1.29 is 31.7 Å². The molecule has 46 heavy (non-hydrogen) atoms. The minimum absolute atomic E-state index is 0.00234. The number of hydrogen-bond acceptors (Lipinski definition) is 14. The summed E-state index contributed by atoms with van der Waals surface area (Å²) >= 11 is 0. The Morgan fingerprint density at radius 3 is 1.93 bits per heavy atom. The van der Waals surface area contributed by atoms with Crippen LogP contribution >= 0.6 is 0 Å². The van der Waals surface area contributed by atoms with Crippen LogP contribution in [0.2, 0.25) is 0 Å². The molecule has 1 aliphatic rings. The monoisotopic (exact) mass is 640 g/mol. The summed E-state index contributed by atoms with van der Waals surface area (Å²) in [6.07, 6.45) is 0.00234. The number of benzene rings is 4. The van der Waals surface area contributed by atoms with Crippen molar-refractivity contribution in [1.82, 2.24) is 5.32 Å². The molecule has 4 aromatic carbocycles. The highest BCUT2D eigenvalue weighted by molar-refractivity contribution is 7.59. The molecule has 0 aliphatic carbocycles. The van der Waals surface area contributed by atoms with Crippen molar-refractivity contribution in [1.29, 1.82) is 0 Å². The maximum atomic E-state index is 12.4. The van der Waals surface area contributed by atoms with E-state index in [1.54, 1.807) is 48.5 Å². The second kappa shape index (κ2) is 15.5. The molecule has 0 spiro atoms. The van der Waals surface area contributed by atoms with E-state index in [1.807, 2.05) is 37.3 Å². The highest BCUT2D eigenvalue weighted by atomic mass is 32.2. The fourth-order valence-corrected chi connectivity index (χ4v) is 4.16. The first kappa shape index (κ1) is 32.7. The zero-order valence-corrected chi connectivity index (χ0v) is 25.1. The zero-order chi connectivity index (χ0) is 33.1. The highest BCUT2D eigenvalue weighted by Gasteiger charge is 2.33. The van der Waals surface area contributed by atoms with E-state index >= 15 is 0 Å². The number of piperidine rings is 1. The Hall–Kier alpha value is -6.16. The Morgan fingerprint density at radius 2 is 1.35 bits per heavy atom. The number of amidine groups is 1. The van der Waals surface area contributed by atoms with Gasteiger partial charge in [-0.3, -0.25) is 19.4 Å². The molecule has 1 saturated heterocycles. The van der Waals surface area contributed by atoms with Crippen molar-refractivity contribution in [3.8, 4) is 5.75 Å². The molecule has 15 nitrogen and oxygen atoms in total. The van der Waals surface area contributed by atoms with Gasteiger partial charge in [0.05, 0.1) is 34.9 Å². The van der Waals surface area contributed by atoms with E-state index < -0.39 is 22.6 Å². The quantitative estimate of drug-likeness (QED) is 0.136. The third-order valence-corrected chi connectivity index (χ3v) is 6.34. The molecule has 0 bridgehead atoms. The van der Waals surface area contributed by atoms with Crippen LogP contribution in [0.3, 0.4) is 0 Å². The predicted molar refractivity (Wildman–Crippen MR) is 166 cm³/mol. The molecule has 1 aliphatic heterocycles. The molecule has 1 fully saturated rings. The number of hydrogen-bond donors (Lipinski definition) is 1. The van der Waals surface area contributed by atoms with Crippen LogP contribution < -0.4 is 10.1 Å². The number of aryl methyl sites for hydroxylation is 1. The summed E-state index contributed by atoms with van der Waals surface area (Å²) < 4.78 is 30.1. The van der Waals surface area contributed by atoms with Crippen molar-refractivity contribution in [2.75, 3.05) is 7.05 Å². The van der Waals surface area contributed by atoms with Gasteiger partial charge in [0, 0.05) is 17.8 Å². The van der Waals surface area contributed by atoms with E-state index in [1.165, 1.54) is 7.05 Å². The van der Waals surface area contributed by atoms with Gasteiger partial charge in [-0.1, -0.05) is 24.3 Å². The molecule has 4 aromatic rings. The third-order valence-electron chi connectivity index (χ3n) is 6.34. The molecule has 1 unspecified atom stereocenters. The number of aliphatic imine (C=N–C) groups is 1. The minimum Gasteiger partial charge on any atom is -0.429 e. The second-order valence-corrected chi connectivity index (χ2v) is 9.76. The van der Waals surface area contributed by atoms with Gasteiger partial charge < -0.3 is 10.1 Å². The molecule has 5 rings (SSSR count). The zero-order valence-electron chi connectivity index (χ0n) is 24.3. The Labute approximate surface area is 262 Å². The number of nitrogens with one attached hydrogen (secondary N) is 1. The van der Waals surface area contributed by atoms with Gasteiger partial charge in [-0.2, -0.15) is 25.6 Å². The van der Waals surface area contributed by atoms with Gasteiger partial charge in [-0.15, -0.1) is 17.7 Å². The molecule has 1 atom stereocenters. The van der Waals surface area contributed by atoms with Crippen LogP contribution in [0.15, 0.2) is 115 Å². The minimum atomic E-state index is -3.11. The van der Waals surface area contributed by atoms with E-state index in [9.17, 15) is 14.4 Å². The number of ketones is 1. The molecule has 232 valence electrons. The summed E-state index contributed by atoms with van der Waals surface area (Å²) in [5.74, 6) is -0.165. The second-order valence-electron chi connectivity index (χ2n) is 9.35. The molecule has 0 saturated carbocycles.